The smallest absolute Gasteiger partial charge is 0.444 e. The summed E-state index contributed by atoms with van der Waals surface area (Å²) in [5.74, 6) is 0. The monoisotopic (exact) mass is 390 g/mol. The second-order valence-electron chi connectivity index (χ2n) is 9.10. The summed E-state index contributed by atoms with van der Waals surface area (Å²) in [7, 11) is -0.633. The van der Waals surface area contributed by atoms with E-state index in [9.17, 15) is 9.59 Å². The number of hydrogen-bond donors (Lipinski definition) is 2. The van der Waals surface area contributed by atoms with Crippen molar-refractivity contribution in [2.75, 3.05) is 6.54 Å². The lowest BCUT2D eigenvalue weighted by Crippen LogP contribution is -2.41. The van der Waals surface area contributed by atoms with E-state index in [2.05, 4.69) is 10.3 Å². The van der Waals surface area contributed by atoms with E-state index in [0.717, 1.165) is 16.6 Å². The minimum absolute atomic E-state index is 0.168. The molecular weight excluding hydrogens is 359 g/mol. The molecule has 0 spiro atoms. The molecule has 1 aliphatic rings. The fraction of sp³-hybridized carbons (Fsp3) is 0.600. The fourth-order valence-corrected chi connectivity index (χ4v) is 2.62. The minimum atomic E-state index is -0.633. The fourth-order valence-electron chi connectivity index (χ4n) is 2.62. The summed E-state index contributed by atoms with van der Waals surface area (Å²) in [4.78, 5) is 26.3. The molecule has 8 heteroatoms. The Bertz CT molecular complexity index is 805. The lowest BCUT2D eigenvalue weighted by Gasteiger charge is -2.32. The molecule has 7 nitrogen and oxygen atoms in total. The average Bonchev–Trinajstić information content (AvgIpc) is 2.71. The number of H-pyrrole nitrogens is 1. The number of hydrogen-bond acceptors (Lipinski definition) is 5. The van der Waals surface area contributed by atoms with Gasteiger partial charge in [-0.1, -0.05) is 6.08 Å². The number of carbonyl (C=O) groups is 1. The first-order chi connectivity index (χ1) is 12.7. The molecule has 0 atom stereocenters. The summed E-state index contributed by atoms with van der Waals surface area (Å²) >= 11 is 0. The Morgan fingerprint density at radius 1 is 1.25 bits per heavy atom. The zero-order valence-electron chi connectivity index (χ0n) is 18.1. The first-order valence-electron chi connectivity index (χ1n) is 9.42. The van der Waals surface area contributed by atoms with Crippen molar-refractivity contribution in [3.05, 3.63) is 39.2 Å². The number of rotatable bonds is 4. The van der Waals surface area contributed by atoms with E-state index in [1.54, 1.807) is 27.0 Å². The zero-order chi connectivity index (χ0) is 21.3. The second-order valence-corrected chi connectivity index (χ2v) is 9.10. The number of carbonyl (C=O) groups excluding carboxylic acids is 1. The van der Waals surface area contributed by atoms with Crippen molar-refractivity contribution < 1.29 is 18.8 Å². The zero-order valence-corrected chi connectivity index (χ0v) is 18.1. The van der Waals surface area contributed by atoms with Crippen molar-refractivity contribution in [3.63, 3.8) is 0 Å². The van der Waals surface area contributed by atoms with Crippen molar-refractivity contribution >= 4 is 19.3 Å². The van der Waals surface area contributed by atoms with Crippen molar-refractivity contribution in [2.24, 2.45) is 0 Å². The Balaban J connectivity index is 2.30. The number of aryl methyl sites for hydroxylation is 1. The van der Waals surface area contributed by atoms with Crippen LogP contribution in [0.25, 0.3) is 6.08 Å². The largest absolute Gasteiger partial charge is 0.492 e. The standard InChI is InChI=1S/C20H31BN2O5/c1-13-9-16(24)22-11-14(13)10-15(12-23-17(25)26-18(2,3)4)21-27-19(5,6)20(7,8)28-21/h9-11H,12H2,1-8H3,(H,22,24)(H,23,25). The summed E-state index contributed by atoms with van der Waals surface area (Å²) in [6, 6.07) is 1.52. The second kappa shape index (κ2) is 7.76. The van der Waals surface area contributed by atoms with Crippen LogP contribution in [-0.4, -0.2) is 41.5 Å². The highest BCUT2D eigenvalue weighted by Gasteiger charge is 2.52. The highest BCUT2D eigenvalue weighted by molar-refractivity contribution is 6.56. The predicted molar refractivity (Wildman–Crippen MR) is 110 cm³/mol. The summed E-state index contributed by atoms with van der Waals surface area (Å²) in [5, 5.41) is 2.76. The molecule has 2 N–H and O–H groups in total. The number of nitrogens with one attached hydrogen (secondary N) is 2. The highest BCUT2D eigenvalue weighted by Crippen LogP contribution is 2.38. The molecule has 1 aliphatic heterocycles. The van der Waals surface area contributed by atoms with Crippen LogP contribution < -0.4 is 10.9 Å². The molecule has 1 amide bonds. The molecule has 0 radical (unpaired) electrons. The Hall–Kier alpha value is -2.06. The number of amides is 1. The first kappa shape index (κ1) is 22.2. The van der Waals surface area contributed by atoms with Crippen LogP contribution in [0.5, 0.6) is 0 Å². The van der Waals surface area contributed by atoms with Crippen LogP contribution >= 0.6 is 0 Å². The molecule has 1 aromatic rings. The molecule has 0 aliphatic carbocycles. The Kier molecular flexibility index (Phi) is 6.16. The molecular formula is C20H31BN2O5. The number of aromatic nitrogens is 1. The van der Waals surface area contributed by atoms with Gasteiger partial charge in [0.05, 0.1) is 11.2 Å². The van der Waals surface area contributed by atoms with Gasteiger partial charge in [-0.05, 0) is 72.0 Å². The van der Waals surface area contributed by atoms with Gasteiger partial charge in [0.2, 0.25) is 5.56 Å². The number of alkyl carbamates (subject to hydrolysis) is 1. The van der Waals surface area contributed by atoms with Gasteiger partial charge in [0.15, 0.2) is 0 Å². The van der Waals surface area contributed by atoms with Gasteiger partial charge >= 0.3 is 13.2 Å². The third kappa shape index (κ3) is 5.48. The van der Waals surface area contributed by atoms with E-state index in [1.165, 1.54) is 6.07 Å². The van der Waals surface area contributed by atoms with Crippen molar-refractivity contribution in [1.29, 1.82) is 0 Å². The molecule has 28 heavy (non-hydrogen) atoms. The summed E-state index contributed by atoms with van der Waals surface area (Å²) in [6.07, 6.45) is 2.98. The Labute approximate surface area is 167 Å². The van der Waals surface area contributed by atoms with E-state index >= 15 is 0 Å². The van der Waals surface area contributed by atoms with E-state index in [4.69, 9.17) is 14.0 Å². The van der Waals surface area contributed by atoms with E-state index in [1.807, 2.05) is 40.7 Å². The van der Waals surface area contributed by atoms with Gasteiger partial charge < -0.3 is 24.3 Å². The normalized spacial score (nSPS) is 18.9. The van der Waals surface area contributed by atoms with Crippen LogP contribution in [0.15, 0.2) is 22.5 Å². The highest BCUT2D eigenvalue weighted by atomic mass is 16.7. The summed E-state index contributed by atoms with van der Waals surface area (Å²) in [5.41, 5.74) is 0.572. The van der Waals surface area contributed by atoms with E-state index in [-0.39, 0.29) is 12.1 Å². The lowest BCUT2D eigenvalue weighted by molar-refractivity contribution is 0.00578. The Morgan fingerprint density at radius 3 is 2.32 bits per heavy atom. The van der Waals surface area contributed by atoms with Crippen LogP contribution in [0.1, 0.15) is 59.6 Å². The van der Waals surface area contributed by atoms with Crippen molar-refractivity contribution in [3.8, 4) is 0 Å². The molecule has 2 heterocycles. The maximum absolute atomic E-state index is 12.1. The van der Waals surface area contributed by atoms with E-state index < -0.39 is 30.0 Å². The van der Waals surface area contributed by atoms with Gasteiger partial charge in [0.25, 0.3) is 0 Å². The van der Waals surface area contributed by atoms with Gasteiger partial charge in [-0.3, -0.25) is 4.79 Å². The van der Waals surface area contributed by atoms with Gasteiger partial charge in [-0.25, -0.2) is 4.79 Å². The minimum Gasteiger partial charge on any atom is -0.444 e. The van der Waals surface area contributed by atoms with Crippen LogP contribution in [0.4, 0.5) is 4.79 Å². The molecule has 0 aromatic carbocycles. The van der Waals surface area contributed by atoms with Crippen LogP contribution in [0.2, 0.25) is 0 Å². The third-order valence-corrected chi connectivity index (χ3v) is 4.91. The van der Waals surface area contributed by atoms with Gasteiger partial charge in [-0.15, -0.1) is 0 Å². The van der Waals surface area contributed by atoms with Gasteiger partial charge in [0.1, 0.15) is 5.60 Å². The number of aromatic amines is 1. The molecule has 1 fully saturated rings. The van der Waals surface area contributed by atoms with Gasteiger partial charge in [-0.2, -0.15) is 0 Å². The SMILES string of the molecule is Cc1cc(=O)[nH]cc1C=C(CNC(=O)OC(C)(C)C)B1OC(C)(C)C(C)(C)O1. The first-order valence-corrected chi connectivity index (χ1v) is 9.42. The van der Waals surface area contributed by atoms with Gasteiger partial charge in [0, 0.05) is 18.8 Å². The maximum atomic E-state index is 12.1. The summed E-state index contributed by atoms with van der Waals surface area (Å²) in [6.45, 7) is 15.3. The lowest BCUT2D eigenvalue weighted by atomic mass is 9.77. The number of ether oxygens (including phenoxy) is 1. The molecule has 154 valence electrons. The molecule has 1 aromatic heterocycles. The molecule has 1 saturated heterocycles. The average molecular weight is 390 g/mol. The maximum Gasteiger partial charge on any atom is 0.492 e. The van der Waals surface area contributed by atoms with E-state index in [0.29, 0.717) is 0 Å². The predicted octanol–water partition coefficient (Wildman–Crippen LogP) is 3.22. The van der Waals surface area contributed by atoms with Crippen LogP contribution in [-0.2, 0) is 14.0 Å². The third-order valence-electron chi connectivity index (χ3n) is 4.91. The van der Waals surface area contributed by atoms with Crippen LogP contribution in [0, 0.1) is 6.92 Å². The summed E-state index contributed by atoms with van der Waals surface area (Å²) < 4.78 is 17.6. The molecule has 0 saturated carbocycles. The molecule has 2 rings (SSSR count). The van der Waals surface area contributed by atoms with Crippen molar-refractivity contribution in [2.45, 2.75) is 72.2 Å². The quantitative estimate of drug-likeness (QED) is 0.771. The van der Waals surface area contributed by atoms with Crippen molar-refractivity contribution in [1.82, 2.24) is 10.3 Å². The molecule has 0 unspecified atom stereocenters. The Morgan fingerprint density at radius 2 is 1.82 bits per heavy atom. The number of pyridine rings is 1. The van der Waals surface area contributed by atoms with Crippen LogP contribution in [0.3, 0.4) is 0 Å². The molecule has 0 bridgehead atoms. The topological polar surface area (TPSA) is 89.7 Å².